The van der Waals surface area contributed by atoms with Gasteiger partial charge in [0.05, 0.1) is 11.2 Å². The van der Waals surface area contributed by atoms with Crippen molar-refractivity contribution in [1.82, 2.24) is 0 Å². The lowest BCUT2D eigenvalue weighted by Crippen LogP contribution is -2.41. The van der Waals surface area contributed by atoms with Gasteiger partial charge in [-0.3, -0.25) is 0 Å². The van der Waals surface area contributed by atoms with Crippen molar-refractivity contribution in [2.45, 2.75) is 57.1 Å². The zero-order valence-corrected chi connectivity index (χ0v) is 13.5. The van der Waals surface area contributed by atoms with Crippen LogP contribution < -0.4 is 0 Å². The van der Waals surface area contributed by atoms with Crippen LogP contribution >= 0.6 is 15.9 Å². The van der Waals surface area contributed by atoms with Crippen LogP contribution in [0.3, 0.4) is 0 Å². The van der Waals surface area contributed by atoms with Crippen molar-refractivity contribution in [2.24, 2.45) is 0 Å². The van der Waals surface area contributed by atoms with Gasteiger partial charge in [-0.05, 0) is 51.7 Å². The highest BCUT2D eigenvalue weighted by Crippen LogP contribution is 2.59. The van der Waals surface area contributed by atoms with Gasteiger partial charge in [0, 0.05) is 10.3 Å². The van der Waals surface area contributed by atoms with Crippen molar-refractivity contribution in [1.29, 1.82) is 0 Å². The smallest absolute Gasteiger partial charge is 0.403 e. The van der Waals surface area contributed by atoms with E-state index in [-0.39, 0.29) is 18.3 Å². The maximum absolute atomic E-state index is 6.14. The highest BCUT2D eigenvalue weighted by molar-refractivity contribution is 9.10. The Kier molecular flexibility index (Phi) is 3.12. The zero-order chi connectivity index (χ0) is 13.8. The zero-order valence-electron chi connectivity index (χ0n) is 11.9. The average Bonchev–Trinajstić information content (AvgIpc) is 3.03. The second-order valence-corrected chi connectivity index (χ2v) is 7.51. The molecule has 0 amide bonds. The molecule has 1 aliphatic carbocycles. The molecule has 2 nitrogen and oxygen atoms in total. The minimum Gasteiger partial charge on any atom is -0.403 e. The van der Waals surface area contributed by atoms with Gasteiger partial charge in [-0.2, -0.15) is 0 Å². The van der Waals surface area contributed by atoms with E-state index in [1.54, 1.807) is 0 Å². The van der Waals surface area contributed by atoms with E-state index in [0.29, 0.717) is 11.7 Å². The van der Waals surface area contributed by atoms with Gasteiger partial charge < -0.3 is 9.31 Å². The Morgan fingerprint density at radius 3 is 2.26 bits per heavy atom. The Balaban J connectivity index is 1.74. The molecule has 1 aromatic carbocycles. The van der Waals surface area contributed by atoms with Crippen LogP contribution in [0, 0.1) is 0 Å². The molecule has 19 heavy (non-hydrogen) atoms. The van der Waals surface area contributed by atoms with Gasteiger partial charge in [-0.15, -0.1) is 0 Å². The molecule has 4 heteroatoms. The molecular weight excluding hydrogens is 303 g/mol. The second kappa shape index (κ2) is 4.34. The summed E-state index contributed by atoms with van der Waals surface area (Å²) < 4.78 is 13.5. The van der Waals surface area contributed by atoms with Gasteiger partial charge in [0.2, 0.25) is 0 Å². The average molecular weight is 323 g/mol. The van der Waals surface area contributed by atoms with E-state index in [1.165, 1.54) is 10.0 Å². The molecule has 1 saturated heterocycles. The summed E-state index contributed by atoms with van der Waals surface area (Å²) in [5.74, 6) is 1.05. The van der Waals surface area contributed by atoms with Gasteiger partial charge in [0.25, 0.3) is 0 Å². The molecule has 2 atom stereocenters. The highest BCUT2D eigenvalue weighted by atomic mass is 79.9. The summed E-state index contributed by atoms with van der Waals surface area (Å²) in [6.07, 6.45) is 1.15. The largest absolute Gasteiger partial charge is 0.461 e. The Hall–Kier alpha value is -0.315. The van der Waals surface area contributed by atoms with E-state index in [1.807, 2.05) is 0 Å². The van der Waals surface area contributed by atoms with E-state index in [9.17, 15) is 0 Å². The van der Waals surface area contributed by atoms with Crippen LogP contribution in [0.25, 0.3) is 0 Å². The lowest BCUT2D eigenvalue weighted by molar-refractivity contribution is 0.00578. The first-order valence-electron chi connectivity index (χ1n) is 6.92. The van der Waals surface area contributed by atoms with Gasteiger partial charge in [0.15, 0.2) is 0 Å². The Bertz CT molecular complexity index is 485. The Morgan fingerprint density at radius 1 is 1.11 bits per heavy atom. The molecule has 0 radical (unpaired) electrons. The standard InChI is InChI=1S/C15H20BBrO2/c1-14(2)15(3,4)19-16(18-14)12-9-11(12)10-7-5-6-8-13(10)17/h5-8,11-12H,9H2,1-4H3/t11-,12+/m0/s1. The second-order valence-electron chi connectivity index (χ2n) is 6.65. The molecule has 0 unspecified atom stereocenters. The minimum absolute atomic E-state index is 0.0675. The Labute approximate surface area is 124 Å². The summed E-state index contributed by atoms with van der Waals surface area (Å²) in [6, 6.07) is 8.45. The summed E-state index contributed by atoms with van der Waals surface area (Å²) in [4.78, 5) is 0. The predicted molar refractivity (Wildman–Crippen MR) is 81.3 cm³/mol. The summed E-state index contributed by atoms with van der Waals surface area (Å²) in [5.41, 5.74) is 0.930. The molecule has 1 aliphatic heterocycles. The molecule has 0 aromatic heterocycles. The van der Waals surface area contributed by atoms with Crippen molar-refractivity contribution >= 4 is 23.0 Å². The maximum Gasteiger partial charge on any atom is 0.461 e. The fourth-order valence-corrected chi connectivity index (χ4v) is 3.29. The normalized spacial score (nSPS) is 31.5. The van der Waals surface area contributed by atoms with Crippen LogP contribution in [-0.2, 0) is 9.31 Å². The van der Waals surface area contributed by atoms with Gasteiger partial charge in [0.1, 0.15) is 0 Å². The molecule has 102 valence electrons. The van der Waals surface area contributed by atoms with Crippen LogP contribution in [0.4, 0.5) is 0 Å². The van der Waals surface area contributed by atoms with Crippen LogP contribution in [0.5, 0.6) is 0 Å². The van der Waals surface area contributed by atoms with Crippen molar-refractivity contribution in [2.75, 3.05) is 0 Å². The molecule has 0 spiro atoms. The van der Waals surface area contributed by atoms with Crippen LogP contribution in [0.2, 0.25) is 5.82 Å². The monoisotopic (exact) mass is 322 g/mol. The van der Waals surface area contributed by atoms with Gasteiger partial charge in [-0.1, -0.05) is 34.1 Å². The third kappa shape index (κ3) is 2.28. The minimum atomic E-state index is -0.223. The van der Waals surface area contributed by atoms with E-state index in [0.717, 1.165) is 6.42 Å². The molecule has 2 fully saturated rings. The van der Waals surface area contributed by atoms with E-state index in [4.69, 9.17) is 9.31 Å². The van der Waals surface area contributed by atoms with Crippen molar-refractivity contribution in [3.63, 3.8) is 0 Å². The first-order chi connectivity index (χ1) is 8.82. The van der Waals surface area contributed by atoms with E-state index >= 15 is 0 Å². The quantitative estimate of drug-likeness (QED) is 0.751. The lowest BCUT2D eigenvalue weighted by atomic mass is 9.79. The van der Waals surface area contributed by atoms with Crippen molar-refractivity contribution in [3.8, 4) is 0 Å². The summed E-state index contributed by atoms with van der Waals surface area (Å²) >= 11 is 3.64. The predicted octanol–water partition coefficient (Wildman–Crippen LogP) is 4.40. The molecule has 0 bridgehead atoms. The van der Waals surface area contributed by atoms with Gasteiger partial charge >= 0.3 is 7.12 Å². The molecule has 2 aliphatic rings. The van der Waals surface area contributed by atoms with Crippen molar-refractivity contribution in [3.05, 3.63) is 34.3 Å². The van der Waals surface area contributed by atoms with E-state index < -0.39 is 0 Å². The molecule has 3 rings (SSSR count). The van der Waals surface area contributed by atoms with Crippen LogP contribution in [0.1, 0.15) is 45.6 Å². The molecule has 0 N–H and O–H groups in total. The van der Waals surface area contributed by atoms with Crippen LogP contribution in [0.15, 0.2) is 28.7 Å². The molecule has 1 saturated carbocycles. The first kappa shape index (κ1) is 13.7. The van der Waals surface area contributed by atoms with Gasteiger partial charge in [-0.25, -0.2) is 0 Å². The first-order valence-corrected chi connectivity index (χ1v) is 7.71. The SMILES string of the molecule is CC1(C)OB([C@@H]2C[C@H]2c2ccccc2Br)OC1(C)C. The number of hydrogen-bond donors (Lipinski definition) is 0. The van der Waals surface area contributed by atoms with Crippen LogP contribution in [-0.4, -0.2) is 18.3 Å². The Morgan fingerprint density at radius 2 is 1.68 bits per heavy atom. The summed E-state index contributed by atoms with van der Waals surface area (Å²) in [7, 11) is -0.0675. The lowest BCUT2D eigenvalue weighted by Gasteiger charge is -2.32. The number of rotatable bonds is 2. The number of hydrogen-bond acceptors (Lipinski definition) is 2. The fraction of sp³-hybridized carbons (Fsp3) is 0.600. The fourth-order valence-electron chi connectivity index (χ4n) is 2.71. The summed E-state index contributed by atoms with van der Waals surface area (Å²) in [6.45, 7) is 8.46. The highest BCUT2D eigenvalue weighted by Gasteiger charge is 2.60. The molecule has 1 aromatic rings. The number of halogens is 1. The topological polar surface area (TPSA) is 18.5 Å². The molecular formula is C15H20BBrO2. The third-order valence-electron chi connectivity index (χ3n) is 4.77. The van der Waals surface area contributed by atoms with E-state index in [2.05, 4.69) is 67.9 Å². The summed E-state index contributed by atoms with van der Waals surface area (Å²) in [5, 5.41) is 0. The van der Waals surface area contributed by atoms with Crippen molar-refractivity contribution < 1.29 is 9.31 Å². The molecule has 1 heterocycles. The number of benzene rings is 1. The maximum atomic E-state index is 6.14. The third-order valence-corrected chi connectivity index (χ3v) is 5.49.